The first-order valence-corrected chi connectivity index (χ1v) is 4.76. The molecule has 0 aromatic rings. The zero-order valence-corrected chi connectivity index (χ0v) is 9.45. The lowest BCUT2D eigenvalue weighted by atomic mass is 10.2. The molecule has 0 rings (SSSR count). The van der Waals surface area contributed by atoms with Crippen LogP contribution >= 0.6 is 0 Å². The fourth-order valence-corrected chi connectivity index (χ4v) is 0.774. The summed E-state index contributed by atoms with van der Waals surface area (Å²) < 4.78 is 0. The van der Waals surface area contributed by atoms with Gasteiger partial charge in [-0.2, -0.15) is 0 Å². The van der Waals surface area contributed by atoms with Gasteiger partial charge in [0, 0.05) is 0 Å². The maximum absolute atomic E-state index is 3.83. The van der Waals surface area contributed by atoms with Crippen molar-refractivity contribution >= 4 is 13.4 Å². The van der Waals surface area contributed by atoms with Crippen LogP contribution < -0.4 is 0 Å². The smallest absolute Gasteiger partial charge is 0.0875 e. The Morgan fingerprint density at radius 3 is 1.93 bits per heavy atom. The quantitative estimate of drug-likeness (QED) is 0.468. The molecule has 0 aliphatic heterocycles. The average Bonchev–Trinajstić information content (AvgIpc) is 2.26. The molecule has 0 bridgehead atoms. The summed E-state index contributed by atoms with van der Waals surface area (Å²) in [6.45, 7) is 16.5. The van der Waals surface area contributed by atoms with E-state index in [-0.39, 0.29) is 0 Å². The van der Waals surface area contributed by atoms with E-state index in [0.717, 1.165) is 12.1 Å². The fourth-order valence-electron chi connectivity index (χ4n) is 0.774. The molecular formula is C12H20N2. The molecule has 0 spiro atoms. The van der Waals surface area contributed by atoms with E-state index in [1.807, 2.05) is 26.8 Å². The second-order valence-electron chi connectivity index (χ2n) is 2.10. The number of hydrogen-bond acceptors (Lipinski definition) is 2. The van der Waals surface area contributed by atoms with Crippen LogP contribution in [-0.2, 0) is 0 Å². The van der Waals surface area contributed by atoms with Gasteiger partial charge in [-0.3, -0.25) is 9.98 Å². The van der Waals surface area contributed by atoms with E-state index in [1.165, 1.54) is 0 Å². The third kappa shape index (κ3) is 6.12. The predicted molar refractivity (Wildman–Crippen MR) is 67.1 cm³/mol. The Morgan fingerprint density at radius 2 is 1.64 bits per heavy atom. The molecule has 0 amide bonds. The predicted octanol–water partition coefficient (Wildman–Crippen LogP) is 3.78. The van der Waals surface area contributed by atoms with Crippen molar-refractivity contribution < 1.29 is 0 Å². The van der Waals surface area contributed by atoms with Crippen molar-refractivity contribution in [2.24, 2.45) is 9.98 Å². The maximum Gasteiger partial charge on any atom is 0.0875 e. The standard InChI is InChI=1S/C10H14N2.C2H6/c1-5-7-9(11-3)10(12-4)8-6-2;1-2/h5,7-8H,1,3-4,6H2,2H3;1-2H3/b9-7+,10-8+;. The molecule has 0 atom stereocenters. The highest BCUT2D eigenvalue weighted by atomic mass is 14.8. The molecule has 0 aliphatic carbocycles. The third-order valence-electron chi connectivity index (χ3n) is 1.28. The van der Waals surface area contributed by atoms with E-state index in [4.69, 9.17) is 0 Å². The monoisotopic (exact) mass is 192 g/mol. The summed E-state index contributed by atoms with van der Waals surface area (Å²) in [5.41, 5.74) is 1.47. The Balaban J connectivity index is 0. The van der Waals surface area contributed by atoms with Gasteiger partial charge in [0.25, 0.3) is 0 Å². The molecule has 78 valence electrons. The van der Waals surface area contributed by atoms with Crippen molar-refractivity contribution in [1.82, 2.24) is 0 Å². The van der Waals surface area contributed by atoms with Crippen LogP contribution in [0.3, 0.4) is 0 Å². The van der Waals surface area contributed by atoms with E-state index in [9.17, 15) is 0 Å². The Hall–Kier alpha value is -1.44. The molecule has 0 heterocycles. The van der Waals surface area contributed by atoms with Gasteiger partial charge in [-0.05, 0) is 25.9 Å². The highest BCUT2D eigenvalue weighted by Gasteiger charge is 1.96. The van der Waals surface area contributed by atoms with Crippen LogP contribution in [0.5, 0.6) is 0 Å². The van der Waals surface area contributed by atoms with Crippen LogP contribution in [-0.4, -0.2) is 13.4 Å². The highest BCUT2D eigenvalue weighted by Crippen LogP contribution is 2.12. The van der Waals surface area contributed by atoms with Crippen LogP contribution in [0, 0.1) is 0 Å². The molecule has 0 saturated heterocycles. The number of nitrogens with zero attached hydrogens (tertiary/aromatic N) is 2. The Kier molecular flexibility index (Phi) is 12.4. The first kappa shape index (κ1) is 15.1. The molecule has 0 aromatic heterocycles. The van der Waals surface area contributed by atoms with Crippen molar-refractivity contribution in [1.29, 1.82) is 0 Å². The highest BCUT2D eigenvalue weighted by molar-refractivity contribution is 5.43. The summed E-state index contributed by atoms with van der Waals surface area (Å²) in [5, 5.41) is 0. The summed E-state index contributed by atoms with van der Waals surface area (Å²) in [7, 11) is 0. The van der Waals surface area contributed by atoms with Crippen LogP contribution in [0.1, 0.15) is 27.2 Å². The van der Waals surface area contributed by atoms with E-state index in [0.29, 0.717) is 5.70 Å². The van der Waals surface area contributed by atoms with Crippen LogP contribution in [0.15, 0.2) is 46.2 Å². The lowest BCUT2D eigenvalue weighted by molar-refractivity contribution is 1.15. The van der Waals surface area contributed by atoms with Crippen molar-refractivity contribution in [2.75, 3.05) is 0 Å². The lowest BCUT2D eigenvalue weighted by Crippen LogP contribution is -1.82. The van der Waals surface area contributed by atoms with Gasteiger partial charge in [0.1, 0.15) is 0 Å². The molecule has 0 saturated carbocycles. The second kappa shape index (κ2) is 11.6. The van der Waals surface area contributed by atoms with Gasteiger partial charge in [-0.25, -0.2) is 0 Å². The van der Waals surface area contributed by atoms with Crippen molar-refractivity contribution in [3.05, 3.63) is 36.2 Å². The van der Waals surface area contributed by atoms with Gasteiger partial charge in [0.15, 0.2) is 0 Å². The van der Waals surface area contributed by atoms with E-state index < -0.39 is 0 Å². The van der Waals surface area contributed by atoms with Crippen molar-refractivity contribution in [3.63, 3.8) is 0 Å². The molecule has 14 heavy (non-hydrogen) atoms. The minimum atomic E-state index is 0.710. The number of rotatable bonds is 5. The molecule has 2 heteroatoms. The normalized spacial score (nSPS) is 11.1. The summed E-state index contributed by atoms with van der Waals surface area (Å²) in [6.07, 6.45) is 6.25. The summed E-state index contributed by atoms with van der Waals surface area (Å²) >= 11 is 0. The third-order valence-corrected chi connectivity index (χ3v) is 1.28. The van der Waals surface area contributed by atoms with Crippen LogP contribution in [0.4, 0.5) is 0 Å². The largest absolute Gasteiger partial charge is 0.263 e. The number of allylic oxidation sites excluding steroid dienone is 3. The minimum absolute atomic E-state index is 0.710. The van der Waals surface area contributed by atoms with E-state index in [2.05, 4.69) is 30.0 Å². The second-order valence-corrected chi connectivity index (χ2v) is 2.10. The molecule has 0 unspecified atom stereocenters. The van der Waals surface area contributed by atoms with Gasteiger partial charge < -0.3 is 0 Å². The van der Waals surface area contributed by atoms with Gasteiger partial charge >= 0.3 is 0 Å². The maximum atomic E-state index is 3.83. The summed E-state index contributed by atoms with van der Waals surface area (Å²) in [5.74, 6) is 0. The lowest BCUT2D eigenvalue weighted by Gasteiger charge is -1.98. The Labute approximate surface area is 87.5 Å². The molecule has 0 radical (unpaired) electrons. The van der Waals surface area contributed by atoms with Crippen molar-refractivity contribution in [2.45, 2.75) is 27.2 Å². The zero-order valence-electron chi connectivity index (χ0n) is 9.45. The minimum Gasteiger partial charge on any atom is -0.263 e. The van der Waals surface area contributed by atoms with Crippen LogP contribution in [0.25, 0.3) is 0 Å². The van der Waals surface area contributed by atoms with Gasteiger partial charge in [-0.1, -0.05) is 39.5 Å². The van der Waals surface area contributed by atoms with Gasteiger partial charge in [0.05, 0.1) is 11.4 Å². The van der Waals surface area contributed by atoms with E-state index in [1.54, 1.807) is 12.2 Å². The van der Waals surface area contributed by atoms with Gasteiger partial charge in [0.2, 0.25) is 0 Å². The van der Waals surface area contributed by atoms with Crippen LogP contribution in [0.2, 0.25) is 0 Å². The van der Waals surface area contributed by atoms with Gasteiger partial charge in [-0.15, -0.1) is 0 Å². The fraction of sp³-hybridized carbons (Fsp3) is 0.333. The molecule has 2 nitrogen and oxygen atoms in total. The molecular weight excluding hydrogens is 172 g/mol. The van der Waals surface area contributed by atoms with Crippen molar-refractivity contribution in [3.8, 4) is 0 Å². The topological polar surface area (TPSA) is 24.7 Å². The Morgan fingerprint density at radius 1 is 1.14 bits per heavy atom. The zero-order chi connectivity index (χ0) is 11.4. The molecule has 0 aromatic carbocycles. The molecule has 0 N–H and O–H groups in total. The summed E-state index contributed by atoms with van der Waals surface area (Å²) in [4.78, 5) is 7.63. The SMILES string of the molecule is C=C/C=C(N=C)\C(=C/CC)N=C.CC. The number of aliphatic imine (C=N–C) groups is 2. The first-order valence-electron chi connectivity index (χ1n) is 4.76. The first-order chi connectivity index (χ1) is 6.79. The Bertz CT molecular complexity index is 235. The number of hydrogen-bond donors (Lipinski definition) is 0. The van der Waals surface area contributed by atoms with E-state index >= 15 is 0 Å². The average molecular weight is 192 g/mol. The molecule has 0 aliphatic rings. The molecule has 0 fully saturated rings. The summed E-state index contributed by atoms with van der Waals surface area (Å²) in [6, 6.07) is 0.